The number of hydrogen-bond donors (Lipinski definition) is 1. The lowest BCUT2D eigenvalue weighted by atomic mass is 10.1. The number of nitrogens with zero attached hydrogens (tertiary/aromatic N) is 1. The SMILES string of the molecule is CC[C@@H](C)NC(=O)[C@H](C)N(Cc1c(Cl)cccc1Cl)C(=O)CCCOc1ccc(C)cc1. The smallest absolute Gasteiger partial charge is 0.242 e. The van der Waals surface area contributed by atoms with Crippen LogP contribution < -0.4 is 10.1 Å². The average molecular weight is 479 g/mol. The Morgan fingerprint density at radius 2 is 1.69 bits per heavy atom. The summed E-state index contributed by atoms with van der Waals surface area (Å²) in [6.45, 7) is 8.23. The first-order valence-electron chi connectivity index (χ1n) is 10.9. The second-order valence-electron chi connectivity index (χ2n) is 7.98. The predicted molar refractivity (Wildman–Crippen MR) is 130 cm³/mol. The third-order valence-corrected chi connectivity index (χ3v) is 6.09. The van der Waals surface area contributed by atoms with Crippen LogP contribution in [-0.2, 0) is 16.1 Å². The molecule has 0 unspecified atom stereocenters. The van der Waals surface area contributed by atoms with Gasteiger partial charge in [-0.05, 0) is 57.9 Å². The zero-order chi connectivity index (χ0) is 23.7. The first-order chi connectivity index (χ1) is 15.2. The lowest BCUT2D eigenvalue weighted by Gasteiger charge is -2.30. The Morgan fingerprint density at radius 1 is 1.06 bits per heavy atom. The Kier molecular flexibility index (Phi) is 10.3. The van der Waals surface area contributed by atoms with Crippen LogP contribution in [0.25, 0.3) is 0 Å². The number of carbonyl (C=O) groups excluding carboxylic acids is 2. The molecule has 0 spiro atoms. The van der Waals surface area contributed by atoms with Crippen LogP contribution in [0.2, 0.25) is 10.0 Å². The molecule has 0 bridgehead atoms. The molecule has 2 aromatic carbocycles. The Balaban J connectivity index is 2.07. The van der Waals surface area contributed by atoms with Gasteiger partial charge in [-0.15, -0.1) is 0 Å². The number of aryl methyl sites for hydroxylation is 1. The van der Waals surface area contributed by atoms with Crippen LogP contribution in [0.5, 0.6) is 5.75 Å². The third-order valence-electron chi connectivity index (χ3n) is 5.38. The van der Waals surface area contributed by atoms with E-state index in [0.717, 1.165) is 17.7 Å². The molecule has 32 heavy (non-hydrogen) atoms. The molecule has 0 radical (unpaired) electrons. The normalized spacial score (nSPS) is 12.7. The number of hydrogen-bond acceptors (Lipinski definition) is 3. The van der Waals surface area contributed by atoms with Gasteiger partial charge < -0.3 is 15.0 Å². The topological polar surface area (TPSA) is 58.6 Å². The summed E-state index contributed by atoms with van der Waals surface area (Å²) < 4.78 is 5.73. The number of benzene rings is 2. The fourth-order valence-corrected chi connectivity index (χ4v) is 3.61. The molecule has 2 aromatic rings. The Labute approximate surface area is 201 Å². The standard InChI is InChI=1S/C25H32Cl2N2O3/c1-5-18(3)28-25(31)19(4)29(16-21-22(26)8-6-9-23(21)27)24(30)10-7-15-32-20-13-11-17(2)12-14-20/h6,8-9,11-14,18-19H,5,7,10,15-16H2,1-4H3,(H,28,31)/t18-,19+/m1/s1. The van der Waals surface area contributed by atoms with E-state index in [1.807, 2.05) is 45.0 Å². The fraction of sp³-hybridized carbons (Fsp3) is 0.440. The van der Waals surface area contributed by atoms with Crippen molar-refractivity contribution in [3.05, 3.63) is 63.6 Å². The molecular weight excluding hydrogens is 447 g/mol. The molecule has 0 aliphatic carbocycles. The Bertz CT molecular complexity index is 882. The molecule has 2 atom stereocenters. The minimum absolute atomic E-state index is 0.0220. The van der Waals surface area contributed by atoms with E-state index in [9.17, 15) is 9.59 Å². The van der Waals surface area contributed by atoms with Crippen molar-refractivity contribution in [1.82, 2.24) is 10.2 Å². The van der Waals surface area contributed by atoms with Gasteiger partial charge in [0.2, 0.25) is 11.8 Å². The van der Waals surface area contributed by atoms with Crippen molar-refractivity contribution in [3.8, 4) is 5.75 Å². The molecule has 0 fully saturated rings. The molecule has 2 amide bonds. The van der Waals surface area contributed by atoms with Crippen molar-refractivity contribution in [2.24, 2.45) is 0 Å². The molecule has 1 N–H and O–H groups in total. The van der Waals surface area contributed by atoms with E-state index in [1.165, 1.54) is 4.90 Å². The van der Waals surface area contributed by atoms with E-state index >= 15 is 0 Å². The summed E-state index contributed by atoms with van der Waals surface area (Å²) in [5.41, 5.74) is 1.79. The molecule has 174 valence electrons. The second kappa shape index (κ2) is 12.7. The van der Waals surface area contributed by atoms with E-state index in [4.69, 9.17) is 27.9 Å². The molecule has 0 saturated carbocycles. The van der Waals surface area contributed by atoms with Crippen molar-refractivity contribution < 1.29 is 14.3 Å². The van der Waals surface area contributed by atoms with Crippen LogP contribution in [0.3, 0.4) is 0 Å². The zero-order valence-electron chi connectivity index (χ0n) is 19.2. The number of carbonyl (C=O) groups is 2. The van der Waals surface area contributed by atoms with E-state index in [2.05, 4.69) is 5.32 Å². The second-order valence-corrected chi connectivity index (χ2v) is 8.80. The van der Waals surface area contributed by atoms with E-state index in [-0.39, 0.29) is 30.8 Å². The van der Waals surface area contributed by atoms with E-state index in [0.29, 0.717) is 28.6 Å². The van der Waals surface area contributed by atoms with Gasteiger partial charge in [-0.3, -0.25) is 9.59 Å². The monoisotopic (exact) mass is 478 g/mol. The van der Waals surface area contributed by atoms with E-state index < -0.39 is 6.04 Å². The van der Waals surface area contributed by atoms with Gasteiger partial charge >= 0.3 is 0 Å². The summed E-state index contributed by atoms with van der Waals surface area (Å²) in [4.78, 5) is 27.4. The molecule has 0 heterocycles. The number of amides is 2. The van der Waals surface area contributed by atoms with Crippen molar-refractivity contribution in [2.45, 2.75) is 65.6 Å². The summed E-state index contributed by atoms with van der Waals surface area (Å²) in [5.74, 6) is 0.413. The number of halogens is 2. The molecule has 0 aromatic heterocycles. The van der Waals surface area contributed by atoms with E-state index in [1.54, 1.807) is 25.1 Å². The van der Waals surface area contributed by atoms with Crippen LogP contribution in [0, 0.1) is 6.92 Å². The highest BCUT2D eigenvalue weighted by atomic mass is 35.5. The highest BCUT2D eigenvalue weighted by Gasteiger charge is 2.27. The summed E-state index contributed by atoms with van der Waals surface area (Å²) in [6.07, 6.45) is 1.58. The summed E-state index contributed by atoms with van der Waals surface area (Å²) in [7, 11) is 0. The van der Waals surface area contributed by atoms with Crippen LogP contribution >= 0.6 is 23.2 Å². The van der Waals surface area contributed by atoms with Gasteiger partial charge in [-0.25, -0.2) is 0 Å². The van der Waals surface area contributed by atoms with Gasteiger partial charge in [0.05, 0.1) is 6.61 Å². The number of nitrogens with one attached hydrogen (secondary N) is 1. The summed E-state index contributed by atoms with van der Waals surface area (Å²) in [6, 6.07) is 12.3. The molecule has 7 heteroatoms. The minimum Gasteiger partial charge on any atom is -0.494 e. The number of rotatable bonds is 11. The number of ether oxygens (including phenoxy) is 1. The first kappa shape index (κ1) is 26.0. The largest absolute Gasteiger partial charge is 0.494 e. The molecule has 0 aliphatic heterocycles. The minimum atomic E-state index is -0.665. The zero-order valence-corrected chi connectivity index (χ0v) is 20.7. The molecule has 0 saturated heterocycles. The lowest BCUT2D eigenvalue weighted by molar-refractivity contribution is -0.141. The highest BCUT2D eigenvalue weighted by Crippen LogP contribution is 2.27. The van der Waals surface area contributed by atoms with Crippen LogP contribution in [0.15, 0.2) is 42.5 Å². The maximum atomic E-state index is 13.1. The van der Waals surface area contributed by atoms with Crippen molar-refractivity contribution in [3.63, 3.8) is 0 Å². The van der Waals surface area contributed by atoms with Crippen molar-refractivity contribution in [1.29, 1.82) is 0 Å². The highest BCUT2D eigenvalue weighted by molar-refractivity contribution is 6.36. The van der Waals surface area contributed by atoms with Crippen molar-refractivity contribution >= 4 is 35.0 Å². The van der Waals surface area contributed by atoms with Gasteiger partial charge in [-0.1, -0.05) is 53.9 Å². The Morgan fingerprint density at radius 3 is 2.28 bits per heavy atom. The van der Waals surface area contributed by atoms with Gasteiger partial charge in [-0.2, -0.15) is 0 Å². The maximum absolute atomic E-state index is 13.1. The van der Waals surface area contributed by atoms with Crippen molar-refractivity contribution in [2.75, 3.05) is 6.61 Å². The maximum Gasteiger partial charge on any atom is 0.242 e. The van der Waals surface area contributed by atoms with Crippen LogP contribution in [0.4, 0.5) is 0 Å². The summed E-state index contributed by atoms with van der Waals surface area (Å²) in [5, 5.41) is 3.88. The third kappa shape index (κ3) is 7.72. The van der Waals surface area contributed by atoms with Crippen LogP contribution in [0.1, 0.15) is 51.2 Å². The molecular formula is C25H32Cl2N2O3. The van der Waals surface area contributed by atoms with Gasteiger partial charge in [0, 0.05) is 34.6 Å². The Hall–Kier alpha value is -2.24. The molecule has 2 rings (SSSR count). The predicted octanol–water partition coefficient (Wildman–Crippen LogP) is 5.79. The summed E-state index contributed by atoms with van der Waals surface area (Å²) >= 11 is 12.7. The average Bonchev–Trinajstić information content (AvgIpc) is 2.77. The van der Waals surface area contributed by atoms with Crippen LogP contribution in [-0.4, -0.2) is 35.4 Å². The fourth-order valence-electron chi connectivity index (χ4n) is 3.09. The molecule has 0 aliphatic rings. The quantitative estimate of drug-likeness (QED) is 0.415. The van der Waals surface area contributed by atoms with Gasteiger partial charge in [0.15, 0.2) is 0 Å². The lowest BCUT2D eigenvalue weighted by Crippen LogP contribution is -2.49. The van der Waals surface area contributed by atoms with Gasteiger partial charge in [0.1, 0.15) is 11.8 Å². The first-order valence-corrected chi connectivity index (χ1v) is 11.7. The van der Waals surface area contributed by atoms with Gasteiger partial charge in [0.25, 0.3) is 0 Å². The molecule has 5 nitrogen and oxygen atoms in total.